The number of furan rings is 1. The summed E-state index contributed by atoms with van der Waals surface area (Å²) in [4.78, 5) is 12.2. The number of carbonyl (C=O) groups is 1. The van der Waals surface area contributed by atoms with Crippen LogP contribution >= 0.6 is 15.9 Å². The summed E-state index contributed by atoms with van der Waals surface area (Å²) in [5.74, 6) is 0.275. The fourth-order valence-electron chi connectivity index (χ4n) is 1.85. The molecule has 2 aromatic carbocycles. The lowest BCUT2D eigenvalue weighted by atomic mass is 10.1. The van der Waals surface area contributed by atoms with E-state index in [0.29, 0.717) is 16.9 Å². The Bertz CT molecular complexity index is 714. The minimum atomic E-state index is -0.0945. The quantitative estimate of drug-likeness (QED) is 0.656. The summed E-state index contributed by atoms with van der Waals surface area (Å²) in [5, 5.41) is 0.928. The Hall–Kier alpha value is -1.87. The van der Waals surface area contributed by atoms with Gasteiger partial charge in [-0.1, -0.05) is 46.3 Å². The molecule has 0 amide bonds. The second kappa shape index (κ2) is 4.42. The molecule has 0 aliphatic carbocycles. The molecule has 0 N–H and O–H groups in total. The summed E-state index contributed by atoms with van der Waals surface area (Å²) in [7, 11) is 0. The second-order valence-corrected chi connectivity index (χ2v) is 4.90. The van der Waals surface area contributed by atoms with Crippen molar-refractivity contribution in [2.45, 2.75) is 0 Å². The van der Waals surface area contributed by atoms with Crippen molar-refractivity contribution in [2.24, 2.45) is 0 Å². The van der Waals surface area contributed by atoms with Crippen LogP contribution in [-0.4, -0.2) is 5.78 Å². The molecule has 0 aliphatic heterocycles. The van der Waals surface area contributed by atoms with Gasteiger partial charge < -0.3 is 4.42 Å². The highest BCUT2D eigenvalue weighted by Crippen LogP contribution is 2.24. The van der Waals surface area contributed by atoms with Crippen LogP contribution in [0.5, 0.6) is 0 Å². The SMILES string of the molecule is O=C(c1ccccc1)c1cc2ccc(Br)cc2o1. The maximum absolute atomic E-state index is 12.2. The monoisotopic (exact) mass is 300 g/mol. The molecular weight excluding hydrogens is 292 g/mol. The Labute approximate surface area is 112 Å². The van der Waals surface area contributed by atoms with Crippen molar-refractivity contribution in [1.82, 2.24) is 0 Å². The molecule has 0 spiro atoms. The fourth-order valence-corrected chi connectivity index (χ4v) is 2.19. The van der Waals surface area contributed by atoms with E-state index in [1.165, 1.54) is 0 Å². The van der Waals surface area contributed by atoms with Crippen LogP contribution in [0.2, 0.25) is 0 Å². The number of benzene rings is 2. The first-order chi connectivity index (χ1) is 8.74. The minimum Gasteiger partial charge on any atom is -0.453 e. The number of hydrogen-bond acceptors (Lipinski definition) is 2. The predicted molar refractivity (Wildman–Crippen MR) is 73.8 cm³/mol. The van der Waals surface area contributed by atoms with Crippen molar-refractivity contribution in [3.63, 3.8) is 0 Å². The van der Waals surface area contributed by atoms with Crippen LogP contribution in [0.1, 0.15) is 16.1 Å². The summed E-state index contributed by atoms with van der Waals surface area (Å²) in [5.41, 5.74) is 1.35. The number of carbonyl (C=O) groups excluding carboxylic acids is 1. The third-order valence-electron chi connectivity index (χ3n) is 2.74. The van der Waals surface area contributed by atoms with Gasteiger partial charge >= 0.3 is 0 Å². The number of fused-ring (bicyclic) bond motifs is 1. The van der Waals surface area contributed by atoms with Crippen molar-refractivity contribution in [3.05, 3.63) is 70.4 Å². The van der Waals surface area contributed by atoms with E-state index >= 15 is 0 Å². The van der Waals surface area contributed by atoms with Crippen molar-refractivity contribution in [1.29, 1.82) is 0 Å². The lowest BCUT2D eigenvalue weighted by molar-refractivity contribution is 0.101. The molecule has 3 rings (SSSR count). The first kappa shape index (κ1) is 11.2. The molecule has 0 fully saturated rings. The van der Waals surface area contributed by atoms with Crippen LogP contribution in [0.3, 0.4) is 0 Å². The van der Waals surface area contributed by atoms with Gasteiger partial charge in [-0.25, -0.2) is 0 Å². The zero-order chi connectivity index (χ0) is 12.5. The average Bonchev–Trinajstić information content (AvgIpc) is 2.81. The van der Waals surface area contributed by atoms with Gasteiger partial charge in [0.1, 0.15) is 5.58 Å². The number of ketones is 1. The summed E-state index contributed by atoms with van der Waals surface area (Å²) in [6.45, 7) is 0. The van der Waals surface area contributed by atoms with E-state index < -0.39 is 0 Å². The van der Waals surface area contributed by atoms with Crippen molar-refractivity contribution in [2.75, 3.05) is 0 Å². The van der Waals surface area contributed by atoms with Gasteiger partial charge in [-0.2, -0.15) is 0 Å². The molecule has 0 bridgehead atoms. The predicted octanol–water partition coefficient (Wildman–Crippen LogP) is 4.43. The second-order valence-electron chi connectivity index (χ2n) is 3.99. The summed E-state index contributed by atoms with van der Waals surface area (Å²) in [6.07, 6.45) is 0. The molecule has 0 radical (unpaired) electrons. The molecule has 3 aromatic rings. The van der Waals surface area contributed by atoms with E-state index in [9.17, 15) is 4.79 Å². The standard InChI is InChI=1S/C15H9BrO2/c16-12-7-6-11-8-14(18-13(11)9-12)15(17)10-4-2-1-3-5-10/h1-9H. The zero-order valence-electron chi connectivity index (χ0n) is 9.39. The normalized spacial score (nSPS) is 10.7. The molecule has 0 saturated carbocycles. The number of halogens is 1. The Morgan fingerprint density at radius 3 is 2.56 bits per heavy atom. The summed E-state index contributed by atoms with van der Waals surface area (Å²) < 4.78 is 6.52. The zero-order valence-corrected chi connectivity index (χ0v) is 11.0. The third kappa shape index (κ3) is 1.97. The highest BCUT2D eigenvalue weighted by molar-refractivity contribution is 9.10. The smallest absolute Gasteiger partial charge is 0.228 e. The van der Waals surface area contributed by atoms with E-state index in [-0.39, 0.29) is 5.78 Å². The van der Waals surface area contributed by atoms with Crippen LogP contribution in [0.15, 0.2) is 63.5 Å². The Morgan fingerprint density at radius 2 is 1.78 bits per heavy atom. The lowest BCUT2D eigenvalue weighted by Crippen LogP contribution is -1.98. The van der Waals surface area contributed by atoms with Crippen molar-refractivity contribution >= 4 is 32.7 Å². The van der Waals surface area contributed by atoms with Crippen molar-refractivity contribution in [3.8, 4) is 0 Å². The Balaban J connectivity index is 2.07. The Kier molecular flexibility index (Phi) is 2.76. The molecule has 0 unspecified atom stereocenters. The van der Waals surface area contributed by atoms with Gasteiger partial charge in [0.2, 0.25) is 5.78 Å². The van der Waals surface area contributed by atoms with Gasteiger partial charge in [-0.05, 0) is 24.3 Å². The first-order valence-electron chi connectivity index (χ1n) is 5.53. The number of rotatable bonds is 2. The van der Waals surface area contributed by atoms with E-state index in [1.54, 1.807) is 18.2 Å². The summed E-state index contributed by atoms with van der Waals surface area (Å²) in [6, 6.07) is 16.6. The first-order valence-corrected chi connectivity index (χ1v) is 6.32. The molecule has 0 atom stereocenters. The molecule has 18 heavy (non-hydrogen) atoms. The van der Waals surface area contributed by atoms with Crippen LogP contribution in [-0.2, 0) is 0 Å². The highest BCUT2D eigenvalue weighted by atomic mass is 79.9. The highest BCUT2D eigenvalue weighted by Gasteiger charge is 2.14. The van der Waals surface area contributed by atoms with Crippen LogP contribution < -0.4 is 0 Å². The van der Waals surface area contributed by atoms with E-state index in [2.05, 4.69) is 15.9 Å². The molecule has 0 saturated heterocycles. The molecule has 2 nitrogen and oxygen atoms in total. The van der Waals surface area contributed by atoms with Crippen LogP contribution in [0.25, 0.3) is 11.0 Å². The molecule has 88 valence electrons. The third-order valence-corrected chi connectivity index (χ3v) is 3.24. The number of hydrogen-bond donors (Lipinski definition) is 0. The summed E-state index contributed by atoms with van der Waals surface area (Å²) >= 11 is 3.38. The van der Waals surface area contributed by atoms with E-state index in [1.807, 2.05) is 36.4 Å². The van der Waals surface area contributed by atoms with Gasteiger partial charge in [0.15, 0.2) is 5.76 Å². The van der Waals surface area contributed by atoms with Gasteiger partial charge in [0, 0.05) is 15.4 Å². The van der Waals surface area contributed by atoms with Gasteiger partial charge in [0.05, 0.1) is 0 Å². The van der Waals surface area contributed by atoms with E-state index in [4.69, 9.17) is 4.42 Å². The van der Waals surface area contributed by atoms with Crippen molar-refractivity contribution < 1.29 is 9.21 Å². The van der Waals surface area contributed by atoms with Gasteiger partial charge in [0.25, 0.3) is 0 Å². The van der Waals surface area contributed by atoms with Crippen LogP contribution in [0, 0.1) is 0 Å². The maximum atomic E-state index is 12.2. The van der Waals surface area contributed by atoms with Gasteiger partial charge in [-0.3, -0.25) is 4.79 Å². The fraction of sp³-hybridized carbons (Fsp3) is 0. The molecule has 0 aliphatic rings. The molecule has 1 aromatic heterocycles. The minimum absolute atomic E-state index is 0.0945. The molecule has 1 heterocycles. The molecular formula is C15H9BrO2. The van der Waals surface area contributed by atoms with Crippen LogP contribution in [0.4, 0.5) is 0 Å². The maximum Gasteiger partial charge on any atom is 0.228 e. The largest absolute Gasteiger partial charge is 0.453 e. The lowest BCUT2D eigenvalue weighted by Gasteiger charge is -1.95. The Morgan fingerprint density at radius 1 is 1.00 bits per heavy atom. The van der Waals surface area contributed by atoms with E-state index in [0.717, 1.165) is 9.86 Å². The molecule has 3 heteroatoms. The topological polar surface area (TPSA) is 30.2 Å². The van der Waals surface area contributed by atoms with Gasteiger partial charge in [-0.15, -0.1) is 0 Å². The average molecular weight is 301 g/mol.